The molecule has 0 saturated carbocycles. The van der Waals surface area contributed by atoms with Crippen LogP contribution in [0, 0.1) is 0 Å². The number of amides is 1. The molecule has 0 bridgehead atoms. The summed E-state index contributed by atoms with van der Waals surface area (Å²) < 4.78 is 6.95. The van der Waals surface area contributed by atoms with E-state index in [0.29, 0.717) is 24.9 Å². The molecular weight excluding hydrogens is 304 g/mol. The lowest BCUT2D eigenvalue weighted by Crippen LogP contribution is -2.40. The molecule has 8 heteroatoms. The normalized spacial score (nSPS) is 18.0. The number of piperidine rings is 1. The molecule has 0 aromatic carbocycles. The Hall–Kier alpha value is -2.22. The minimum Gasteiger partial charge on any atom is -0.457 e. The number of nitrogens with one attached hydrogen (secondary N) is 1. The fourth-order valence-corrected chi connectivity index (χ4v) is 2.97. The average Bonchev–Trinajstić information content (AvgIpc) is 3.18. The van der Waals surface area contributed by atoms with Crippen LogP contribution < -0.4 is 5.32 Å². The van der Waals surface area contributed by atoms with Gasteiger partial charge < -0.3 is 10.1 Å². The van der Waals surface area contributed by atoms with Crippen molar-refractivity contribution in [3.63, 3.8) is 0 Å². The van der Waals surface area contributed by atoms with E-state index >= 15 is 0 Å². The van der Waals surface area contributed by atoms with Gasteiger partial charge in [-0.05, 0) is 12.8 Å². The third-order valence-corrected chi connectivity index (χ3v) is 4.29. The molecule has 1 N–H and O–H groups in total. The summed E-state index contributed by atoms with van der Waals surface area (Å²) in [5, 5.41) is 9.53. The Morgan fingerprint density at radius 1 is 1.59 bits per heavy atom. The zero-order valence-electron chi connectivity index (χ0n) is 12.1. The lowest BCUT2D eigenvalue weighted by molar-refractivity contribution is -0.124. The van der Waals surface area contributed by atoms with Crippen molar-refractivity contribution in [3.8, 4) is 5.13 Å². The summed E-state index contributed by atoms with van der Waals surface area (Å²) in [6, 6.07) is 0. The number of aryl methyl sites for hydroxylation is 1. The number of thiazole rings is 1. The van der Waals surface area contributed by atoms with Crippen LogP contribution in [-0.2, 0) is 16.0 Å². The molecule has 7 nitrogen and oxygen atoms in total. The first-order valence-corrected chi connectivity index (χ1v) is 8.01. The van der Waals surface area contributed by atoms with Crippen molar-refractivity contribution in [3.05, 3.63) is 29.0 Å². The maximum absolute atomic E-state index is 12.1. The summed E-state index contributed by atoms with van der Waals surface area (Å²) in [6.45, 7) is 2.40. The SMILES string of the molecule is CCc1csc(-n2cc(C(=O)OC3CCC(=O)NC3)cn2)n1. The molecule has 3 rings (SSSR count). The molecular formula is C14H16N4O3S. The Morgan fingerprint density at radius 3 is 3.14 bits per heavy atom. The molecule has 0 aliphatic carbocycles. The summed E-state index contributed by atoms with van der Waals surface area (Å²) >= 11 is 1.48. The molecule has 1 saturated heterocycles. The number of hydrogen-bond acceptors (Lipinski definition) is 6. The van der Waals surface area contributed by atoms with Crippen LogP contribution in [0.2, 0.25) is 0 Å². The fraction of sp³-hybridized carbons (Fsp3) is 0.429. The summed E-state index contributed by atoms with van der Waals surface area (Å²) in [4.78, 5) is 27.6. The zero-order valence-corrected chi connectivity index (χ0v) is 12.9. The van der Waals surface area contributed by atoms with Gasteiger partial charge in [0, 0.05) is 18.0 Å². The molecule has 2 aromatic rings. The smallest absolute Gasteiger partial charge is 0.341 e. The van der Waals surface area contributed by atoms with Gasteiger partial charge in [0.05, 0.1) is 24.0 Å². The van der Waals surface area contributed by atoms with Gasteiger partial charge in [0.1, 0.15) is 6.10 Å². The van der Waals surface area contributed by atoms with Crippen molar-refractivity contribution in [1.29, 1.82) is 0 Å². The molecule has 1 atom stereocenters. The van der Waals surface area contributed by atoms with Crippen molar-refractivity contribution >= 4 is 23.2 Å². The highest BCUT2D eigenvalue weighted by Gasteiger charge is 2.23. The maximum atomic E-state index is 12.1. The zero-order chi connectivity index (χ0) is 15.5. The second-order valence-corrected chi connectivity index (χ2v) is 5.86. The van der Waals surface area contributed by atoms with E-state index in [1.54, 1.807) is 10.9 Å². The molecule has 0 spiro atoms. The number of hydrogen-bond donors (Lipinski definition) is 1. The fourth-order valence-electron chi connectivity index (χ4n) is 2.13. The minimum absolute atomic E-state index is 0.00406. The Labute approximate surface area is 131 Å². The Balaban J connectivity index is 1.65. The van der Waals surface area contributed by atoms with Crippen LogP contribution in [0.1, 0.15) is 35.8 Å². The molecule has 1 fully saturated rings. The number of carbonyl (C=O) groups is 2. The highest BCUT2D eigenvalue weighted by molar-refractivity contribution is 7.12. The number of carbonyl (C=O) groups excluding carboxylic acids is 2. The van der Waals surface area contributed by atoms with Gasteiger partial charge in [-0.25, -0.2) is 14.5 Å². The van der Waals surface area contributed by atoms with Crippen LogP contribution in [0.5, 0.6) is 0 Å². The van der Waals surface area contributed by atoms with E-state index in [-0.39, 0.29) is 12.0 Å². The van der Waals surface area contributed by atoms with Crippen molar-refractivity contribution in [2.75, 3.05) is 6.54 Å². The summed E-state index contributed by atoms with van der Waals surface area (Å²) in [7, 11) is 0. The second kappa shape index (κ2) is 6.27. The van der Waals surface area contributed by atoms with E-state index in [0.717, 1.165) is 17.2 Å². The maximum Gasteiger partial charge on any atom is 0.341 e. The van der Waals surface area contributed by atoms with Crippen LogP contribution in [0.15, 0.2) is 17.8 Å². The first-order chi connectivity index (χ1) is 10.7. The Bertz CT molecular complexity index is 684. The van der Waals surface area contributed by atoms with Crippen LogP contribution in [0.3, 0.4) is 0 Å². The molecule has 2 aromatic heterocycles. The van der Waals surface area contributed by atoms with E-state index in [1.165, 1.54) is 17.5 Å². The van der Waals surface area contributed by atoms with Crippen molar-refractivity contribution in [2.24, 2.45) is 0 Å². The minimum atomic E-state index is -0.431. The topological polar surface area (TPSA) is 86.1 Å². The molecule has 0 radical (unpaired) electrons. The van der Waals surface area contributed by atoms with Crippen LogP contribution >= 0.6 is 11.3 Å². The van der Waals surface area contributed by atoms with Gasteiger partial charge in [-0.2, -0.15) is 5.10 Å². The monoisotopic (exact) mass is 320 g/mol. The molecule has 1 unspecified atom stereocenters. The quantitative estimate of drug-likeness (QED) is 0.859. The van der Waals surface area contributed by atoms with Gasteiger partial charge in [-0.1, -0.05) is 6.92 Å². The number of nitrogens with zero attached hydrogens (tertiary/aromatic N) is 3. The molecule has 116 valence electrons. The average molecular weight is 320 g/mol. The number of rotatable bonds is 4. The second-order valence-electron chi connectivity index (χ2n) is 5.02. The number of aromatic nitrogens is 3. The largest absolute Gasteiger partial charge is 0.457 e. The van der Waals surface area contributed by atoms with Crippen molar-refractivity contribution in [2.45, 2.75) is 32.3 Å². The summed E-state index contributed by atoms with van der Waals surface area (Å²) in [5.74, 6) is -0.435. The van der Waals surface area contributed by atoms with Gasteiger partial charge in [-0.15, -0.1) is 11.3 Å². The van der Waals surface area contributed by atoms with Gasteiger partial charge in [-0.3, -0.25) is 4.79 Å². The Kier molecular flexibility index (Phi) is 4.19. The standard InChI is InChI=1S/C14H16N4O3S/c1-2-10-8-22-14(17-10)18-7-9(5-16-18)13(20)21-11-3-4-12(19)15-6-11/h5,7-8,11H,2-4,6H2,1H3,(H,15,19). The molecule has 1 amide bonds. The molecule has 1 aliphatic rings. The predicted octanol–water partition coefficient (Wildman–Crippen LogP) is 1.33. The van der Waals surface area contributed by atoms with Gasteiger partial charge >= 0.3 is 5.97 Å². The van der Waals surface area contributed by atoms with Gasteiger partial charge in [0.2, 0.25) is 11.0 Å². The van der Waals surface area contributed by atoms with E-state index < -0.39 is 5.97 Å². The first kappa shape index (κ1) is 14.7. The van der Waals surface area contributed by atoms with Crippen LogP contribution in [0.25, 0.3) is 5.13 Å². The summed E-state index contributed by atoms with van der Waals surface area (Å²) in [6.07, 6.45) is 4.60. The van der Waals surface area contributed by atoms with E-state index in [2.05, 4.69) is 15.4 Å². The number of ether oxygens (including phenoxy) is 1. The van der Waals surface area contributed by atoms with Gasteiger partial charge in [0.15, 0.2) is 0 Å². The van der Waals surface area contributed by atoms with Crippen molar-refractivity contribution in [1.82, 2.24) is 20.1 Å². The van der Waals surface area contributed by atoms with E-state index in [1.807, 2.05) is 12.3 Å². The van der Waals surface area contributed by atoms with E-state index in [9.17, 15) is 9.59 Å². The third kappa shape index (κ3) is 3.16. The molecule has 1 aliphatic heterocycles. The predicted molar refractivity (Wildman–Crippen MR) is 80.1 cm³/mol. The highest BCUT2D eigenvalue weighted by atomic mass is 32.1. The van der Waals surface area contributed by atoms with Crippen LogP contribution in [0.4, 0.5) is 0 Å². The third-order valence-electron chi connectivity index (χ3n) is 3.41. The van der Waals surface area contributed by atoms with Gasteiger partial charge in [0.25, 0.3) is 0 Å². The van der Waals surface area contributed by atoms with Crippen LogP contribution in [-0.4, -0.2) is 39.3 Å². The lowest BCUT2D eigenvalue weighted by Gasteiger charge is -2.22. The first-order valence-electron chi connectivity index (χ1n) is 7.13. The molecule has 3 heterocycles. The van der Waals surface area contributed by atoms with Crippen molar-refractivity contribution < 1.29 is 14.3 Å². The molecule has 22 heavy (non-hydrogen) atoms. The number of esters is 1. The summed E-state index contributed by atoms with van der Waals surface area (Å²) in [5.41, 5.74) is 1.38. The van der Waals surface area contributed by atoms with E-state index in [4.69, 9.17) is 4.74 Å². The Morgan fingerprint density at radius 2 is 2.45 bits per heavy atom. The highest BCUT2D eigenvalue weighted by Crippen LogP contribution is 2.16. The lowest BCUT2D eigenvalue weighted by atomic mass is 10.1.